The maximum absolute atomic E-state index is 12.5. The Balaban J connectivity index is 1.68. The SMILES string of the molecule is COc1ccc(NCN2C(=O)SC(=Cc3cccc(OC)c3)C2=O)cc1. The standard InChI is InChI=1S/C19H18N2O4S/c1-24-15-8-6-14(7-9-15)20-12-21-18(22)17(26-19(21)23)11-13-4-3-5-16(10-13)25-2/h3-11,20H,12H2,1-2H3. The van der Waals surface area contributed by atoms with E-state index in [9.17, 15) is 9.59 Å². The monoisotopic (exact) mass is 370 g/mol. The number of methoxy groups -OCH3 is 2. The normalized spacial score (nSPS) is 15.5. The van der Waals surface area contributed by atoms with E-state index in [0.717, 1.165) is 28.8 Å². The Kier molecular flexibility index (Phi) is 5.48. The number of amides is 2. The largest absolute Gasteiger partial charge is 0.497 e. The highest BCUT2D eigenvalue weighted by atomic mass is 32.2. The first kappa shape index (κ1) is 17.9. The van der Waals surface area contributed by atoms with Gasteiger partial charge in [0.05, 0.1) is 25.8 Å². The molecule has 0 radical (unpaired) electrons. The molecule has 0 bridgehead atoms. The summed E-state index contributed by atoms with van der Waals surface area (Å²) in [7, 11) is 3.18. The molecule has 1 fully saturated rings. The average molecular weight is 370 g/mol. The minimum Gasteiger partial charge on any atom is -0.497 e. The van der Waals surface area contributed by atoms with Crippen LogP contribution < -0.4 is 14.8 Å². The minimum absolute atomic E-state index is 0.104. The number of nitrogens with one attached hydrogen (secondary N) is 1. The number of thioether (sulfide) groups is 1. The highest BCUT2D eigenvalue weighted by Gasteiger charge is 2.34. The van der Waals surface area contributed by atoms with Gasteiger partial charge in [-0.25, -0.2) is 0 Å². The van der Waals surface area contributed by atoms with E-state index in [2.05, 4.69) is 5.32 Å². The molecule has 2 aromatic carbocycles. The highest BCUT2D eigenvalue weighted by molar-refractivity contribution is 8.18. The molecule has 0 aliphatic carbocycles. The zero-order valence-electron chi connectivity index (χ0n) is 14.4. The third-order valence-corrected chi connectivity index (χ3v) is 4.70. The van der Waals surface area contributed by atoms with Gasteiger partial charge in [-0.1, -0.05) is 12.1 Å². The van der Waals surface area contributed by atoms with Crippen molar-refractivity contribution in [3.05, 3.63) is 59.0 Å². The summed E-state index contributed by atoms with van der Waals surface area (Å²) in [6, 6.07) is 14.6. The molecule has 2 amide bonds. The van der Waals surface area contributed by atoms with E-state index in [0.29, 0.717) is 10.7 Å². The average Bonchev–Trinajstić information content (AvgIpc) is 2.93. The van der Waals surface area contributed by atoms with Crippen molar-refractivity contribution in [2.45, 2.75) is 0 Å². The molecule has 1 saturated heterocycles. The zero-order valence-corrected chi connectivity index (χ0v) is 15.2. The maximum atomic E-state index is 12.5. The van der Waals surface area contributed by atoms with E-state index in [1.54, 1.807) is 32.4 Å². The summed E-state index contributed by atoms with van der Waals surface area (Å²) in [5, 5.41) is 2.77. The first-order valence-corrected chi connectivity index (χ1v) is 8.69. The first-order chi connectivity index (χ1) is 12.6. The van der Waals surface area contributed by atoms with Gasteiger partial charge >= 0.3 is 0 Å². The number of anilines is 1. The predicted molar refractivity (Wildman–Crippen MR) is 102 cm³/mol. The van der Waals surface area contributed by atoms with E-state index in [-0.39, 0.29) is 17.8 Å². The van der Waals surface area contributed by atoms with Crippen LogP contribution in [0.4, 0.5) is 10.5 Å². The van der Waals surface area contributed by atoms with Crippen molar-refractivity contribution in [1.82, 2.24) is 4.90 Å². The molecule has 7 heteroatoms. The van der Waals surface area contributed by atoms with Crippen LogP contribution in [0.1, 0.15) is 5.56 Å². The van der Waals surface area contributed by atoms with Crippen molar-refractivity contribution in [2.75, 3.05) is 26.2 Å². The summed E-state index contributed by atoms with van der Waals surface area (Å²) in [4.78, 5) is 26.3. The number of nitrogens with zero attached hydrogens (tertiary/aromatic N) is 1. The number of benzene rings is 2. The summed E-state index contributed by atoms with van der Waals surface area (Å²) in [6.07, 6.45) is 1.70. The van der Waals surface area contributed by atoms with E-state index in [4.69, 9.17) is 9.47 Å². The molecule has 0 saturated carbocycles. The molecule has 1 aliphatic rings. The lowest BCUT2D eigenvalue weighted by Gasteiger charge is -2.14. The number of ether oxygens (including phenoxy) is 2. The third kappa shape index (κ3) is 4.00. The maximum Gasteiger partial charge on any atom is 0.295 e. The fourth-order valence-electron chi connectivity index (χ4n) is 2.40. The van der Waals surface area contributed by atoms with Crippen molar-refractivity contribution >= 4 is 34.7 Å². The van der Waals surface area contributed by atoms with Gasteiger partial charge in [-0.2, -0.15) is 0 Å². The van der Waals surface area contributed by atoms with Gasteiger partial charge in [0.15, 0.2) is 0 Å². The van der Waals surface area contributed by atoms with E-state index >= 15 is 0 Å². The molecule has 0 aromatic heterocycles. The van der Waals surface area contributed by atoms with Gasteiger partial charge in [0, 0.05) is 5.69 Å². The predicted octanol–water partition coefficient (Wildman–Crippen LogP) is 3.81. The Morgan fingerprint density at radius 3 is 2.46 bits per heavy atom. The van der Waals surface area contributed by atoms with Crippen LogP contribution in [-0.2, 0) is 4.79 Å². The number of rotatable bonds is 6. The lowest BCUT2D eigenvalue weighted by molar-refractivity contribution is -0.122. The Morgan fingerprint density at radius 1 is 1.04 bits per heavy atom. The summed E-state index contributed by atoms with van der Waals surface area (Å²) < 4.78 is 10.3. The Morgan fingerprint density at radius 2 is 1.77 bits per heavy atom. The van der Waals surface area contributed by atoms with Gasteiger partial charge in [-0.3, -0.25) is 14.5 Å². The number of imide groups is 1. The molecule has 134 valence electrons. The molecule has 0 atom stereocenters. The van der Waals surface area contributed by atoms with Gasteiger partial charge in [-0.05, 0) is 59.8 Å². The van der Waals surface area contributed by atoms with Gasteiger partial charge in [0.2, 0.25) is 0 Å². The summed E-state index contributed by atoms with van der Waals surface area (Å²) >= 11 is 0.929. The molecule has 2 aromatic rings. The van der Waals surface area contributed by atoms with Crippen molar-refractivity contribution < 1.29 is 19.1 Å². The van der Waals surface area contributed by atoms with Gasteiger partial charge in [0.25, 0.3) is 11.1 Å². The van der Waals surface area contributed by atoms with Crippen LogP contribution >= 0.6 is 11.8 Å². The minimum atomic E-state index is -0.316. The van der Waals surface area contributed by atoms with Crippen LogP contribution in [0.5, 0.6) is 11.5 Å². The number of hydrogen-bond donors (Lipinski definition) is 1. The Labute approximate surface area is 155 Å². The van der Waals surface area contributed by atoms with Gasteiger partial charge in [-0.15, -0.1) is 0 Å². The molecule has 26 heavy (non-hydrogen) atoms. The summed E-state index contributed by atoms with van der Waals surface area (Å²) in [6.45, 7) is 0.104. The molecule has 0 spiro atoms. The molecule has 3 rings (SSSR count). The second-order valence-electron chi connectivity index (χ2n) is 5.45. The van der Waals surface area contributed by atoms with Crippen LogP contribution in [0.3, 0.4) is 0 Å². The lowest BCUT2D eigenvalue weighted by atomic mass is 10.2. The van der Waals surface area contributed by atoms with Crippen LogP contribution in [0.15, 0.2) is 53.4 Å². The van der Waals surface area contributed by atoms with Crippen molar-refractivity contribution in [3.63, 3.8) is 0 Å². The summed E-state index contributed by atoms with van der Waals surface area (Å²) in [5.74, 6) is 1.12. The zero-order chi connectivity index (χ0) is 18.5. The van der Waals surface area contributed by atoms with Crippen molar-refractivity contribution in [1.29, 1.82) is 0 Å². The smallest absolute Gasteiger partial charge is 0.295 e. The van der Waals surface area contributed by atoms with Gasteiger partial charge in [0.1, 0.15) is 11.5 Å². The number of carbonyl (C=O) groups is 2. The molecule has 6 nitrogen and oxygen atoms in total. The van der Waals surface area contributed by atoms with Gasteiger partial charge < -0.3 is 14.8 Å². The van der Waals surface area contributed by atoms with E-state index in [1.807, 2.05) is 36.4 Å². The van der Waals surface area contributed by atoms with E-state index < -0.39 is 0 Å². The molecule has 1 aliphatic heterocycles. The summed E-state index contributed by atoms with van der Waals surface area (Å²) in [5.41, 5.74) is 1.60. The Hall–Kier alpha value is -2.93. The molecular formula is C19H18N2O4S. The van der Waals surface area contributed by atoms with Crippen LogP contribution in [0.2, 0.25) is 0 Å². The second-order valence-corrected chi connectivity index (χ2v) is 6.44. The first-order valence-electron chi connectivity index (χ1n) is 7.88. The Bertz CT molecular complexity index is 849. The van der Waals surface area contributed by atoms with Crippen molar-refractivity contribution in [3.8, 4) is 11.5 Å². The fourth-order valence-corrected chi connectivity index (χ4v) is 3.24. The van der Waals surface area contributed by atoms with E-state index in [1.165, 1.54) is 4.90 Å². The van der Waals surface area contributed by atoms with Crippen LogP contribution in [0, 0.1) is 0 Å². The molecular weight excluding hydrogens is 352 g/mol. The number of hydrogen-bond acceptors (Lipinski definition) is 6. The van der Waals surface area contributed by atoms with Crippen LogP contribution in [0.25, 0.3) is 6.08 Å². The molecule has 1 heterocycles. The second kappa shape index (κ2) is 7.97. The molecule has 1 N–H and O–H groups in total. The third-order valence-electron chi connectivity index (χ3n) is 3.80. The van der Waals surface area contributed by atoms with Crippen LogP contribution in [-0.4, -0.2) is 36.9 Å². The number of carbonyl (C=O) groups excluding carboxylic acids is 2. The quantitative estimate of drug-likeness (QED) is 0.780. The lowest BCUT2D eigenvalue weighted by Crippen LogP contribution is -2.33. The molecule has 0 unspecified atom stereocenters. The topological polar surface area (TPSA) is 67.9 Å². The van der Waals surface area contributed by atoms with Crippen molar-refractivity contribution in [2.24, 2.45) is 0 Å². The highest BCUT2D eigenvalue weighted by Crippen LogP contribution is 2.32. The fraction of sp³-hybridized carbons (Fsp3) is 0.158.